The number of anilines is 2. The van der Waals surface area contributed by atoms with E-state index in [4.69, 9.17) is 9.47 Å². The van der Waals surface area contributed by atoms with Crippen molar-refractivity contribution in [3.05, 3.63) is 30.0 Å². The smallest absolute Gasteiger partial charge is 0.449 e. The molecule has 0 aliphatic rings. The van der Waals surface area contributed by atoms with Crippen molar-refractivity contribution < 1.29 is 98.4 Å². The van der Waals surface area contributed by atoms with Crippen LogP contribution >= 0.6 is 0 Å². The Balaban J connectivity index is 3.60. The highest BCUT2D eigenvalue weighted by atomic mass is 19.4. The van der Waals surface area contributed by atoms with Gasteiger partial charge in [0.25, 0.3) is 0 Å². The first-order valence-corrected chi connectivity index (χ1v) is 12.9. The van der Waals surface area contributed by atoms with Crippen LogP contribution in [0.5, 0.6) is 5.75 Å². The molecule has 0 spiro atoms. The van der Waals surface area contributed by atoms with E-state index in [1.54, 1.807) is 27.7 Å². The minimum Gasteiger partial charge on any atom is -0.449 e. The van der Waals surface area contributed by atoms with Gasteiger partial charge < -0.3 is 14.2 Å². The standard InChI is InChI=1S/C25H23F17N2O5/c1-10(2)8-47-17(45)43-13-6-5-12(7-14(13)44-18(46)48-9-11(3)4)49-16(27)15(26)19(28,29)20(30,31)21(32,33)22(34,35)23(36,37)24(38,39)25(40,41)42/h5-7,10-11H,8-9H2,1-4H3,(H,43,45)(H,44,46). The molecule has 0 aliphatic heterocycles. The summed E-state index contributed by atoms with van der Waals surface area (Å²) in [5.74, 6) is -56.8. The molecule has 1 aromatic carbocycles. The van der Waals surface area contributed by atoms with Crippen LogP contribution in [0.1, 0.15) is 27.7 Å². The molecule has 0 bridgehead atoms. The Hall–Kier alpha value is -3.89. The molecule has 7 nitrogen and oxygen atoms in total. The van der Waals surface area contributed by atoms with Crippen molar-refractivity contribution in [3.63, 3.8) is 0 Å². The molecule has 1 aromatic rings. The van der Waals surface area contributed by atoms with Crippen molar-refractivity contribution >= 4 is 23.6 Å². The average molecular weight is 754 g/mol. The topological polar surface area (TPSA) is 85.9 Å². The Morgan fingerprint density at radius 3 is 1.41 bits per heavy atom. The molecule has 2 N–H and O–H groups in total. The largest absolute Gasteiger partial charge is 0.460 e. The zero-order chi connectivity index (χ0) is 38.8. The summed E-state index contributed by atoms with van der Waals surface area (Å²) in [5.41, 5.74) is -1.24. The van der Waals surface area contributed by atoms with Crippen LogP contribution in [0.3, 0.4) is 0 Å². The van der Waals surface area contributed by atoms with Gasteiger partial charge >= 0.3 is 59.9 Å². The van der Waals surface area contributed by atoms with Crippen LogP contribution in [0, 0.1) is 11.8 Å². The summed E-state index contributed by atoms with van der Waals surface area (Å²) in [6.45, 7) is 5.95. The first-order valence-electron chi connectivity index (χ1n) is 12.9. The van der Waals surface area contributed by atoms with Crippen molar-refractivity contribution in [2.45, 2.75) is 69.4 Å². The van der Waals surface area contributed by atoms with Crippen LogP contribution in [0.2, 0.25) is 0 Å². The maximum atomic E-state index is 14.3. The van der Waals surface area contributed by atoms with Crippen LogP contribution in [0.15, 0.2) is 30.0 Å². The molecule has 0 saturated heterocycles. The van der Waals surface area contributed by atoms with E-state index in [1.165, 1.54) is 0 Å². The van der Waals surface area contributed by atoms with Gasteiger partial charge in [0.05, 0.1) is 24.6 Å². The number of ether oxygens (including phenoxy) is 3. The molecule has 0 fully saturated rings. The van der Waals surface area contributed by atoms with Gasteiger partial charge in [0, 0.05) is 6.07 Å². The lowest BCUT2D eigenvalue weighted by Gasteiger charge is -2.41. The van der Waals surface area contributed by atoms with Gasteiger partial charge in [-0.15, -0.1) is 0 Å². The molecule has 2 amide bonds. The lowest BCUT2D eigenvalue weighted by molar-refractivity contribution is -0.451. The number of amides is 2. The molecule has 0 aliphatic carbocycles. The average Bonchev–Trinajstić information content (AvgIpc) is 2.94. The van der Waals surface area contributed by atoms with Gasteiger partial charge in [-0.2, -0.15) is 74.6 Å². The van der Waals surface area contributed by atoms with Crippen molar-refractivity contribution in [1.82, 2.24) is 0 Å². The minimum atomic E-state index is -8.73. The summed E-state index contributed by atoms with van der Waals surface area (Å²) in [6.07, 6.45) is -10.4. The van der Waals surface area contributed by atoms with Crippen molar-refractivity contribution in [2.24, 2.45) is 11.8 Å². The zero-order valence-electron chi connectivity index (χ0n) is 24.8. The first kappa shape index (κ1) is 43.1. The molecule has 0 radical (unpaired) electrons. The van der Waals surface area contributed by atoms with Crippen molar-refractivity contribution in [3.8, 4) is 5.75 Å². The Morgan fingerprint density at radius 2 is 1.00 bits per heavy atom. The van der Waals surface area contributed by atoms with E-state index < -0.39 is 82.9 Å². The number of benzene rings is 1. The molecule has 0 heterocycles. The van der Waals surface area contributed by atoms with Gasteiger partial charge in [-0.3, -0.25) is 10.6 Å². The Morgan fingerprint density at radius 1 is 0.612 bits per heavy atom. The summed E-state index contributed by atoms with van der Waals surface area (Å²) in [7, 11) is 0. The van der Waals surface area contributed by atoms with E-state index >= 15 is 0 Å². The number of hydrogen-bond acceptors (Lipinski definition) is 5. The molecule has 24 heteroatoms. The predicted molar refractivity (Wildman–Crippen MR) is 132 cm³/mol. The third-order valence-corrected chi connectivity index (χ3v) is 5.54. The van der Waals surface area contributed by atoms with Crippen LogP contribution in [-0.2, 0) is 9.47 Å². The van der Waals surface area contributed by atoms with E-state index in [1.807, 2.05) is 10.6 Å². The van der Waals surface area contributed by atoms with Gasteiger partial charge in [0.2, 0.25) is 5.83 Å². The van der Waals surface area contributed by atoms with Gasteiger partial charge in [-0.25, -0.2) is 9.59 Å². The molecule has 0 saturated carbocycles. The van der Waals surface area contributed by atoms with Crippen LogP contribution in [0.25, 0.3) is 0 Å². The zero-order valence-corrected chi connectivity index (χ0v) is 24.8. The molecule has 282 valence electrons. The molecular weight excluding hydrogens is 731 g/mol. The van der Waals surface area contributed by atoms with Gasteiger partial charge in [0.15, 0.2) is 0 Å². The van der Waals surface area contributed by atoms with Crippen LogP contribution < -0.4 is 15.4 Å². The van der Waals surface area contributed by atoms with E-state index in [0.717, 1.165) is 0 Å². The van der Waals surface area contributed by atoms with Crippen molar-refractivity contribution in [2.75, 3.05) is 23.8 Å². The number of nitrogens with one attached hydrogen (secondary N) is 2. The summed E-state index contributed by atoms with van der Waals surface area (Å²) < 4.78 is 242. The number of hydrogen-bond donors (Lipinski definition) is 2. The highest BCUT2D eigenvalue weighted by Crippen LogP contribution is 2.63. The molecular formula is C25H23F17N2O5. The second-order valence-electron chi connectivity index (χ2n) is 10.6. The van der Waals surface area contributed by atoms with E-state index in [9.17, 15) is 84.2 Å². The Labute approximate surface area is 263 Å². The normalized spacial score (nSPS) is 14.4. The van der Waals surface area contributed by atoms with E-state index in [-0.39, 0.29) is 25.0 Å². The number of rotatable bonds is 14. The second kappa shape index (κ2) is 14.5. The number of alkyl halides is 15. The quantitative estimate of drug-likeness (QED) is 0.146. The lowest BCUT2D eigenvalue weighted by atomic mass is 9.91. The highest BCUT2D eigenvalue weighted by molar-refractivity contribution is 5.95. The van der Waals surface area contributed by atoms with Gasteiger partial charge in [-0.1, -0.05) is 27.7 Å². The first-order chi connectivity index (χ1) is 21.8. The number of carbonyl (C=O) groups excluding carboxylic acids is 2. The maximum Gasteiger partial charge on any atom is 0.460 e. The Kier molecular flexibility index (Phi) is 12.8. The fraction of sp³-hybridized carbons (Fsp3) is 0.600. The highest BCUT2D eigenvalue weighted by Gasteiger charge is 2.93. The summed E-state index contributed by atoms with van der Waals surface area (Å²) in [6, 6.07) is -2.41. The fourth-order valence-corrected chi connectivity index (χ4v) is 2.95. The van der Waals surface area contributed by atoms with Gasteiger partial charge in [-0.05, 0) is 24.0 Å². The van der Waals surface area contributed by atoms with Crippen LogP contribution in [-0.4, -0.2) is 67.1 Å². The summed E-state index contributed by atoms with van der Waals surface area (Å²) in [5, 5.41) is 3.92. The predicted octanol–water partition coefficient (Wildman–Crippen LogP) is 9.96. The minimum absolute atomic E-state index is 0.173. The summed E-state index contributed by atoms with van der Waals surface area (Å²) in [4.78, 5) is 24.1. The number of allylic oxidation sites excluding steroid dienone is 1. The molecule has 1 rings (SSSR count). The van der Waals surface area contributed by atoms with Crippen LogP contribution in [0.4, 0.5) is 95.6 Å². The third-order valence-electron chi connectivity index (χ3n) is 5.54. The number of halogens is 17. The maximum absolute atomic E-state index is 14.3. The molecule has 0 unspecified atom stereocenters. The van der Waals surface area contributed by atoms with E-state index in [2.05, 4.69) is 4.74 Å². The molecule has 0 aromatic heterocycles. The molecule has 49 heavy (non-hydrogen) atoms. The lowest BCUT2D eigenvalue weighted by Crippen LogP contribution is -2.72. The Bertz CT molecular complexity index is 1380. The molecule has 0 atom stereocenters. The number of carbonyl (C=O) groups is 2. The van der Waals surface area contributed by atoms with E-state index in [0.29, 0.717) is 18.2 Å². The summed E-state index contributed by atoms with van der Waals surface area (Å²) >= 11 is 0. The SMILES string of the molecule is CC(C)COC(=O)Nc1ccc(OC(F)=C(F)C(F)(F)C(F)(F)C(F)(F)C(F)(F)C(F)(F)C(F)(F)C(F)(F)F)cc1NC(=O)OCC(C)C. The monoisotopic (exact) mass is 754 g/mol. The van der Waals surface area contributed by atoms with Gasteiger partial charge in [0.1, 0.15) is 5.75 Å². The van der Waals surface area contributed by atoms with Crippen molar-refractivity contribution in [1.29, 1.82) is 0 Å². The fourth-order valence-electron chi connectivity index (χ4n) is 2.95. The third kappa shape index (κ3) is 8.65. The second-order valence-corrected chi connectivity index (χ2v) is 10.6.